The molecule has 0 unspecified atom stereocenters. The number of nitrogens with one attached hydrogen (secondary N) is 1. The molecule has 1 amide bonds. The molecular weight excluding hydrogens is 340 g/mol. The van der Waals surface area contributed by atoms with Crippen molar-refractivity contribution in [2.24, 2.45) is 5.92 Å². The van der Waals surface area contributed by atoms with Crippen molar-refractivity contribution in [3.05, 3.63) is 29.8 Å². The highest BCUT2D eigenvalue weighted by molar-refractivity contribution is 8.01. The normalized spacial score (nSPS) is 15.5. The quantitative estimate of drug-likeness (QED) is 0.817. The van der Waals surface area contributed by atoms with Crippen LogP contribution in [0.2, 0.25) is 0 Å². The Bertz CT molecular complexity index is 695. The zero-order valence-electron chi connectivity index (χ0n) is 14.0. The van der Waals surface area contributed by atoms with Gasteiger partial charge in [0.15, 0.2) is 4.34 Å². The van der Waals surface area contributed by atoms with Crippen LogP contribution in [0, 0.1) is 12.8 Å². The van der Waals surface area contributed by atoms with Gasteiger partial charge in [-0.1, -0.05) is 48.2 Å². The van der Waals surface area contributed by atoms with E-state index in [0.717, 1.165) is 52.6 Å². The Kier molecular flexibility index (Phi) is 5.73. The Morgan fingerprint density at radius 1 is 1.33 bits per heavy atom. The highest BCUT2D eigenvalue weighted by Gasteiger charge is 2.20. The van der Waals surface area contributed by atoms with E-state index in [-0.39, 0.29) is 5.91 Å². The molecule has 1 N–H and O–H groups in total. The van der Waals surface area contributed by atoms with E-state index in [1.54, 1.807) is 0 Å². The van der Waals surface area contributed by atoms with Gasteiger partial charge in [0.05, 0.1) is 5.75 Å². The van der Waals surface area contributed by atoms with Crippen molar-refractivity contribution in [1.29, 1.82) is 0 Å². The van der Waals surface area contributed by atoms with Crippen LogP contribution in [-0.4, -0.2) is 39.8 Å². The lowest BCUT2D eigenvalue weighted by Crippen LogP contribution is -2.38. The van der Waals surface area contributed by atoms with Crippen LogP contribution in [0.25, 0.3) is 0 Å². The minimum Gasteiger partial charge on any atom is -0.342 e. The molecule has 1 fully saturated rings. The molecule has 0 spiro atoms. The monoisotopic (exact) mass is 362 g/mol. The second-order valence-corrected chi connectivity index (χ2v) is 8.37. The minimum atomic E-state index is 0.204. The van der Waals surface area contributed by atoms with Crippen LogP contribution in [0.5, 0.6) is 0 Å². The minimum absolute atomic E-state index is 0.204. The Labute approximate surface area is 150 Å². The fraction of sp³-hybridized carbons (Fsp3) is 0.471. The summed E-state index contributed by atoms with van der Waals surface area (Å²) in [6.07, 6.45) is 2.22. The van der Waals surface area contributed by atoms with Gasteiger partial charge < -0.3 is 10.2 Å². The van der Waals surface area contributed by atoms with Gasteiger partial charge in [-0.25, -0.2) is 0 Å². The van der Waals surface area contributed by atoms with E-state index in [1.807, 2.05) is 23.1 Å². The summed E-state index contributed by atoms with van der Waals surface area (Å²) >= 11 is 2.96. The summed E-state index contributed by atoms with van der Waals surface area (Å²) in [5.41, 5.74) is 2.19. The van der Waals surface area contributed by atoms with E-state index in [2.05, 4.69) is 35.4 Å². The summed E-state index contributed by atoms with van der Waals surface area (Å²) < 4.78 is 0.824. The lowest BCUT2D eigenvalue weighted by atomic mass is 9.99. The summed E-state index contributed by atoms with van der Waals surface area (Å²) in [6, 6.07) is 8.07. The smallest absolute Gasteiger partial charge is 0.233 e. The molecule has 1 aliphatic heterocycles. The molecule has 128 valence electrons. The summed E-state index contributed by atoms with van der Waals surface area (Å²) in [5.74, 6) is 1.38. The lowest BCUT2D eigenvalue weighted by molar-refractivity contribution is -0.129. The summed E-state index contributed by atoms with van der Waals surface area (Å²) in [4.78, 5) is 14.2. The van der Waals surface area contributed by atoms with Gasteiger partial charge in [-0.3, -0.25) is 4.79 Å². The molecule has 2 heterocycles. The molecule has 0 radical (unpaired) electrons. The number of hydrogen-bond acceptors (Lipinski definition) is 6. The van der Waals surface area contributed by atoms with E-state index in [0.29, 0.717) is 5.75 Å². The van der Waals surface area contributed by atoms with E-state index in [4.69, 9.17) is 0 Å². The van der Waals surface area contributed by atoms with E-state index in [9.17, 15) is 4.79 Å². The standard InChI is InChI=1S/C17H22N4OS2/c1-12-7-9-21(10-8-12)15(22)11-23-17-20-19-16(24-17)18-14-6-4-3-5-13(14)2/h3-6,12H,7-11H2,1-2H3,(H,18,19). The van der Waals surface area contributed by atoms with Crippen LogP contribution in [0.3, 0.4) is 0 Å². The molecular formula is C17H22N4OS2. The van der Waals surface area contributed by atoms with Crippen molar-refractivity contribution in [1.82, 2.24) is 15.1 Å². The van der Waals surface area contributed by atoms with E-state index >= 15 is 0 Å². The van der Waals surface area contributed by atoms with Crippen LogP contribution >= 0.6 is 23.1 Å². The number of amides is 1. The predicted octanol–water partition coefficient (Wildman–Crippen LogP) is 3.94. The van der Waals surface area contributed by atoms with Crippen LogP contribution < -0.4 is 5.32 Å². The first-order valence-corrected chi connectivity index (χ1v) is 9.99. The van der Waals surface area contributed by atoms with Crippen molar-refractivity contribution in [3.8, 4) is 0 Å². The molecule has 7 heteroatoms. The zero-order chi connectivity index (χ0) is 16.9. The van der Waals surface area contributed by atoms with Crippen LogP contribution in [0.15, 0.2) is 28.6 Å². The number of carbonyl (C=O) groups excluding carboxylic acids is 1. The molecule has 0 aliphatic carbocycles. The number of rotatable bonds is 5. The number of nitrogens with zero attached hydrogens (tertiary/aromatic N) is 3. The molecule has 0 bridgehead atoms. The Balaban J connectivity index is 1.51. The number of carbonyl (C=O) groups is 1. The highest BCUT2D eigenvalue weighted by Crippen LogP contribution is 2.29. The average molecular weight is 363 g/mol. The average Bonchev–Trinajstić information content (AvgIpc) is 3.03. The number of hydrogen-bond donors (Lipinski definition) is 1. The van der Waals surface area contributed by atoms with Gasteiger partial charge in [0.1, 0.15) is 0 Å². The van der Waals surface area contributed by atoms with Gasteiger partial charge in [-0.2, -0.15) is 0 Å². The third kappa shape index (κ3) is 4.48. The van der Waals surface area contributed by atoms with Crippen molar-refractivity contribution in [2.45, 2.75) is 31.0 Å². The molecule has 1 saturated heterocycles. The van der Waals surface area contributed by atoms with Crippen molar-refractivity contribution in [2.75, 3.05) is 24.2 Å². The topological polar surface area (TPSA) is 58.1 Å². The first-order valence-electron chi connectivity index (χ1n) is 8.18. The fourth-order valence-electron chi connectivity index (χ4n) is 2.62. The predicted molar refractivity (Wildman–Crippen MR) is 100 cm³/mol. The van der Waals surface area contributed by atoms with Gasteiger partial charge in [0.2, 0.25) is 11.0 Å². The number of anilines is 2. The van der Waals surface area contributed by atoms with Gasteiger partial charge in [-0.15, -0.1) is 10.2 Å². The number of para-hydroxylation sites is 1. The second kappa shape index (κ2) is 7.98. The number of thioether (sulfide) groups is 1. The van der Waals surface area contributed by atoms with Crippen molar-refractivity contribution < 1.29 is 4.79 Å². The maximum atomic E-state index is 12.3. The number of piperidine rings is 1. The lowest BCUT2D eigenvalue weighted by Gasteiger charge is -2.30. The molecule has 2 aromatic rings. The van der Waals surface area contributed by atoms with Crippen LogP contribution in [-0.2, 0) is 4.79 Å². The third-order valence-electron chi connectivity index (χ3n) is 4.25. The molecule has 1 aliphatic rings. The summed E-state index contributed by atoms with van der Waals surface area (Å²) in [5, 5.41) is 12.4. The third-order valence-corrected chi connectivity index (χ3v) is 6.21. The van der Waals surface area contributed by atoms with Crippen LogP contribution in [0.4, 0.5) is 10.8 Å². The maximum Gasteiger partial charge on any atom is 0.233 e. The van der Waals surface area contributed by atoms with Gasteiger partial charge in [0.25, 0.3) is 0 Å². The van der Waals surface area contributed by atoms with Crippen molar-refractivity contribution in [3.63, 3.8) is 0 Å². The molecule has 1 aromatic carbocycles. The summed E-state index contributed by atoms with van der Waals surface area (Å²) in [6.45, 7) is 6.07. The molecule has 0 saturated carbocycles. The first-order chi connectivity index (χ1) is 11.6. The number of aryl methyl sites for hydroxylation is 1. The van der Waals surface area contributed by atoms with Crippen LogP contribution in [0.1, 0.15) is 25.3 Å². The highest BCUT2D eigenvalue weighted by atomic mass is 32.2. The maximum absolute atomic E-state index is 12.3. The van der Waals surface area contributed by atoms with Gasteiger partial charge in [-0.05, 0) is 37.3 Å². The van der Waals surface area contributed by atoms with E-state index in [1.165, 1.54) is 23.1 Å². The number of aromatic nitrogens is 2. The SMILES string of the molecule is Cc1ccccc1Nc1nnc(SCC(=O)N2CCC(C)CC2)s1. The Morgan fingerprint density at radius 3 is 2.83 bits per heavy atom. The van der Waals surface area contributed by atoms with E-state index < -0.39 is 0 Å². The largest absolute Gasteiger partial charge is 0.342 e. The Morgan fingerprint density at radius 2 is 2.08 bits per heavy atom. The molecule has 5 nitrogen and oxygen atoms in total. The molecule has 1 aromatic heterocycles. The Hall–Kier alpha value is -1.60. The van der Waals surface area contributed by atoms with Gasteiger partial charge in [0, 0.05) is 18.8 Å². The number of likely N-dealkylation sites (tertiary alicyclic amines) is 1. The number of benzene rings is 1. The second-order valence-electron chi connectivity index (χ2n) is 6.17. The molecule has 3 rings (SSSR count). The first kappa shape index (κ1) is 17.2. The zero-order valence-corrected chi connectivity index (χ0v) is 15.6. The summed E-state index contributed by atoms with van der Waals surface area (Å²) in [7, 11) is 0. The molecule has 0 atom stereocenters. The van der Waals surface area contributed by atoms with Crippen molar-refractivity contribution >= 4 is 39.8 Å². The fourth-order valence-corrected chi connectivity index (χ4v) is 4.29. The van der Waals surface area contributed by atoms with Gasteiger partial charge >= 0.3 is 0 Å². The molecule has 24 heavy (non-hydrogen) atoms.